The summed E-state index contributed by atoms with van der Waals surface area (Å²) in [5.41, 5.74) is 1.66. The molecule has 0 aliphatic heterocycles. The van der Waals surface area contributed by atoms with Crippen molar-refractivity contribution < 1.29 is 12.8 Å². The van der Waals surface area contributed by atoms with E-state index in [1.807, 2.05) is 6.92 Å². The van der Waals surface area contributed by atoms with E-state index in [-0.39, 0.29) is 10.7 Å². The minimum atomic E-state index is -3.83. The third kappa shape index (κ3) is 3.68. The molecule has 3 aromatic rings. The molecule has 1 heterocycles. The number of allylic oxidation sites excluding steroid dienone is 1. The first-order chi connectivity index (χ1) is 12.4. The summed E-state index contributed by atoms with van der Waals surface area (Å²) in [4.78, 5) is 1.33. The second-order valence-electron chi connectivity index (χ2n) is 5.58. The van der Waals surface area contributed by atoms with E-state index in [0.29, 0.717) is 11.3 Å². The number of benzene rings is 2. The smallest absolute Gasteiger partial charge is 0.285 e. The first kappa shape index (κ1) is 18.3. The molecule has 0 aliphatic carbocycles. The SMILES string of the molecule is C=CCn1c(C)c(-c2ccc(F)cc2)s/c1=N\S(=O)(=O)c1ccccc1. The molecule has 7 heteroatoms. The van der Waals surface area contributed by atoms with Crippen LogP contribution in [0.1, 0.15) is 5.69 Å². The predicted octanol–water partition coefficient (Wildman–Crippen LogP) is 4.14. The van der Waals surface area contributed by atoms with E-state index in [1.165, 1.54) is 35.6 Å². The molecule has 0 aliphatic rings. The highest BCUT2D eigenvalue weighted by Gasteiger charge is 2.16. The van der Waals surface area contributed by atoms with Crippen molar-refractivity contribution in [3.8, 4) is 10.4 Å². The summed E-state index contributed by atoms with van der Waals surface area (Å²) in [5.74, 6) is -0.321. The number of nitrogens with zero attached hydrogens (tertiary/aromatic N) is 2. The molecule has 2 aromatic carbocycles. The topological polar surface area (TPSA) is 51.4 Å². The lowest BCUT2D eigenvalue weighted by Gasteiger charge is -2.04. The molecular weight excluding hydrogens is 371 g/mol. The molecule has 0 bridgehead atoms. The molecule has 26 heavy (non-hydrogen) atoms. The lowest BCUT2D eigenvalue weighted by atomic mass is 10.1. The van der Waals surface area contributed by atoms with Gasteiger partial charge in [-0.05, 0) is 36.8 Å². The van der Waals surface area contributed by atoms with E-state index in [2.05, 4.69) is 11.0 Å². The van der Waals surface area contributed by atoms with Crippen LogP contribution in [0.2, 0.25) is 0 Å². The van der Waals surface area contributed by atoms with Crippen LogP contribution in [0.3, 0.4) is 0 Å². The van der Waals surface area contributed by atoms with Crippen LogP contribution < -0.4 is 4.80 Å². The average molecular weight is 388 g/mol. The number of sulfonamides is 1. The highest BCUT2D eigenvalue weighted by atomic mass is 32.2. The highest BCUT2D eigenvalue weighted by Crippen LogP contribution is 2.27. The van der Waals surface area contributed by atoms with E-state index in [9.17, 15) is 12.8 Å². The molecule has 4 nitrogen and oxygen atoms in total. The number of halogens is 1. The molecule has 1 aromatic heterocycles. The first-order valence-corrected chi connectivity index (χ1v) is 10.1. The van der Waals surface area contributed by atoms with Gasteiger partial charge in [-0.25, -0.2) is 4.39 Å². The predicted molar refractivity (Wildman–Crippen MR) is 102 cm³/mol. The fraction of sp³-hybridized carbons (Fsp3) is 0.105. The van der Waals surface area contributed by atoms with Crippen LogP contribution in [-0.4, -0.2) is 13.0 Å². The van der Waals surface area contributed by atoms with Crippen LogP contribution in [0.15, 0.2) is 76.5 Å². The van der Waals surface area contributed by atoms with Gasteiger partial charge < -0.3 is 4.57 Å². The van der Waals surface area contributed by atoms with Crippen molar-refractivity contribution >= 4 is 21.4 Å². The van der Waals surface area contributed by atoms with Gasteiger partial charge in [0.25, 0.3) is 10.0 Å². The van der Waals surface area contributed by atoms with Crippen molar-refractivity contribution in [1.82, 2.24) is 4.57 Å². The van der Waals surface area contributed by atoms with Gasteiger partial charge >= 0.3 is 0 Å². The van der Waals surface area contributed by atoms with Crippen molar-refractivity contribution in [2.24, 2.45) is 4.40 Å². The lowest BCUT2D eigenvalue weighted by molar-refractivity contribution is 0.595. The molecule has 0 atom stereocenters. The van der Waals surface area contributed by atoms with Gasteiger partial charge in [0.2, 0.25) is 4.80 Å². The van der Waals surface area contributed by atoms with E-state index in [0.717, 1.165) is 16.1 Å². The van der Waals surface area contributed by atoms with E-state index in [4.69, 9.17) is 0 Å². The number of hydrogen-bond acceptors (Lipinski definition) is 3. The van der Waals surface area contributed by atoms with Crippen LogP contribution in [0.5, 0.6) is 0 Å². The fourth-order valence-electron chi connectivity index (χ4n) is 2.52. The van der Waals surface area contributed by atoms with Crippen LogP contribution in [0.4, 0.5) is 4.39 Å². The van der Waals surface area contributed by atoms with Gasteiger partial charge in [0, 0.05) is 12.2 Å². The summed E-state index contributed by atoms with van der Waals surface area (Å²) in [5, 5.41) is 0. The molecule has 0 amide bonds. The molecule has 134 valence electrons. The second-order valence-corrected chi connectivity index (χ2v) is 8.17. The zero-order valence-corrected chi connectivity index (χ0v) is 15.7. The molecule has 0 saturated heterocycles. The molecule has 0 radical (unpaired) electrons. The Balaban J connectivity index is 2.19. The van der Waals surface area contributed by atoms with E-state index < -0.39 is 10.0 Å². The third-order valence-corrected chi connectivity index (χ3v) is 6.44. The van der Waals surface area contributed by atoms with E-state index in [1.54, 1.807) is 41.0 Å². The number of thiazole rings is 1. The first-order valence-electron chi connectivity index (χ1n) is 7.85. The summed E-state index contributed by atoms with van der Waals surface area (Å²) in [7, 11) is -3.83. The molecule has 3 rings (SSSR count). The fourth-order valence-corrected chi connectivity index (χ4v) is 4.89. The van der Waals surface area contributed by atoms with Gasteiger partial charge in [0.1, 0.15) is 5.82 Å². The minimum absolute atomic E-state index is 0.138. The molecule has 0 fully saturated rings. The number of rotatable bonds is 5. The molecule has 0 N–H and O–H groups in total. The normalized spacial score (nSPS) is 12.3. The van der Waals surface area contributed by atoms with Gasteiger partial charge in [0.15, 0.2) is 0 Å². The van der Waals surface area contributed by atoms with Crippen molar-refractivity contribution in [3.05, 3.63) is 83.6 Å². The van der Waals surface area contributed by atoms with Crippen molar-refractivity contribution in [3.63, 3.8) is 0 Å². The van der Waals surface area contributed by atoms with Crippen LogP contribution in [-0.2, 0) is 16.6 Å². The van der Waals surface area contributed by atoms with Gasteiger partial charge in [-0.2, -0.15) is 8.42 Å². The number of hydrogen-bond donors (Lipinski definition) is 0. The van der Waals surface area contributed by atoms with Gasteiger partial charge in [-0.3, -0.25) is 0 Å². The Bertz CT molecular complexity index is 1100. The maximum Gasteiger partial charge on any atom is 0.285 e. The summed E-state index contributed by atoms with van der Waals surface area (Å²) in [6.45, 7) is 6.03. The Morgan fingerprint density at radius 3 is 2.42 bits per heavy atom. The molecular formula is C19H17FN2O2S2. The van der Waals surface area contributed by atoms with E-state index >= 15 is 0 Å². The van der Waals surface area contributed by atoms with Crippen molar-refractivity contribution in [2.45, 2.75) is 18.4 Å². The Morgan fingerprint density at radius 1 is 1.15 bits per heavy atom. The van der Waals surface area contributed by atoms with Crippen molar-refractivity contribution in [1.29, 1.82) is 0 Å². The zero-order valence-electron chi connectivity index (χ0n) is 14.1. The molecule has 0 unspecified atom stereocenters. The molecule has 0 spiro atoms. The summed E-state index contributed by atoms with van der Waals surface area (Å²) in [6, 6.07) is 14.2. The summed E-state index contributed by atoms with van der Waals surface area (Å²) in [6.07, 6.45) is 1.68. The Hall–Kier alpha value is -2.51. The maximum absolute atomic E-state index is 13.2. The van der Waals surface area contributed by atoms with Gasteiger partial charge in [-0.15, -0.1) is 11.0 Å². The minimum Gasteiger partial charge on any atom is -0.316 e. The van der Waals surface area contributed by atoms with Crippen LogP contribution >= 0.6 is 11.3 Å². The largest absolute Gasteiger partial charge is 0.316 e. The average Bonchev–Trinajstić information content (AvgIpc) is 2.92. The van der Waals surface area contributed by atoms with Gasteiger partial charge in [0.05, 0.1) is 9.77 Å². The second kappa shape index (κ2) is 7.39. The molecule has 0 saturated carbocycles. The van der Waals surface area contributed by atoms with Crippen LogP contribution in [0, 0.1) is 12.7 Å². The monoisotopic (exact) mass is 388 g/mol. The highest BCUT2D eigenvalue weighted by molar-refractivity contribution is 7.90. The third-order valence-electron chi connectivity index (χ3n) is 3.82. The van der Waals surface area contributed by atoms with Crippen molar-refractivity contribution in [2.75, 3.05) is 0 Å². The maximum atomic E-state index is 13.2. The Kier molecular flexibility index (Phi) is 5.20. The van der Waals surface area contributed by atoms with Crippen LogP contribution in [0.25, 0.3) is 10.4 Å². The zero-order chi connectivity index (χ0) is 18.7. The quantitative estimate of drug-likeness (QED) is 0.617. The summed E-state index contributed by atoms with van der Waals surface area (Å²) >= 11 is 1.25. The van der Waals surface area contributed by atoms with Gasteiger partial charge in [-0.1, -0.05) is 47.7 Å². The summed E-state index contributed by atoms with van der Waals surface area (Å²) < 4.78 is 44.3. The number of aromatic nitrogens is 1. The standard InChI is InChI=1S/C19H17FN2O2S2/c1-3-13-22-14(2)18(15-9-11-16(20)12-10-15)25-19(22)21-26(23,24)17-7-5-4-6-8-17/h3-12H,1,13H2,2H3/b21-19-. The Labute approximate surface area is 155 Å². The lowest BCUT2D eigenvalue weighted by Crippen LogP contribution is -2.17. The Morgan fingerprint density at radius 2 is 1.81 bits per heavy atom.